The van der Waals surface area contributed by atoms with Crippen LogP contribution in [0.15, 0.2) is 24.3 Å². The van der Waals surface area contributed by atoms with E-state index in [1.807, 2.05) is 38.1 Å². The molecule has 2 N–H and O–H groups in total. The largest absolute Gasteiger partial charge is 0.388 e. The summed E-state index contributed by atoms with van der Waals surface area (Å²) in [5.41, 5.74) is 0.252. The van der Waals surface area contributed by atoms with E-state index in [-0.39, 0.29) is 5.60 Å². The van der Waals surface area contributed by atoms with Crippen molar-refractivity contribution in [3.63, 3.8) is 0 Å². The Kier molecular flexibility index (Phi) is 4.51. The molecule has 1 aromatic rings. The van der Waals surface area contributed by atoms with Crippen LogP contribution in [0, 0.1) is 0 Å². The highest BCUT2D eigenvalue weighted by Gasteiger charge is 2.38. The van der Waals surface area contributed by atoms with Gasteiger partial charge in [0.15, 0.2) is 0 Å². The molecule has 0 unspecified atom stereocenters. The average molecular weight is 284 g/mol. The van der Waals surface area contributed by atoms with Gasteiger partial charge < -0.3 is 15.2 Å². The van der Waals surface area contributed by atoms with Crippen molar-refractivity contribution in [2.45, 2.75) is 44.4 Å². The topological polar surface area (TPSA) is 41.5 Å². The molecular weight excluding hydrogens is 262 g/mol. The lowest BCUT2D eigenvalue weighted by Crippen LogP contribution is -2.51. The molecule has 1 atom stereocenters. The summed E-state index contributed by atoms with van der Waals surface area (Å²) in [6.45, 7) is 5.99. The van der Waals surface area contributed by atoms with Crippen molar-refractivity contribution in [3.05, 3.63) is 34.9 Å². The molecule has 1 fully saturated rings. The summed E-state index contributed by atoms with van der Waals surface area (Å²) in [6, 6.07) is 7.75. The van der Waals surface area contributed by atoms with Gasteiger partial charge in [-0.05, 0) is 31.5 Å². The first-order chi connectivity index (χ1) is 8.89. The molecule has 0 saturated carbocycles. The first kappa shape index (κ1) is 14.8. The summed E-state index contributed by atoms with van der Waals surface area (Å²) in [4.78, 5) is 0. The van der Waals surface area contributed by atoms with Gasteiger partial charge in [0.1, 0.15) is 0 Å². The van der Waals surface area contributed by atoms with E-state index >= 15 is 0 Å². The average Bonchev–Trinajstić information content (AvgIpc) is 2.30. The zero-order chi connectivity index (χ0) is 13.9. The van der Waals surface area contributed by atoms with Crippen LogP contribution in [0.25, 0.3) is 0 Å². The van der Waals surface area contributed by atoms with Gasteiger partial charge in [-0.1, -0.05) is 23.7 Å². The molecule has 1 heterocycles. The number of nitrogens with one attached hydrogen (secondary N) is 1. The molecule has 106 valence electrons. The van der Waals surface area contributed by atoms with Gasteiger partial charge in [-0.3, -0.25) is 0 Å². The summed E-state index contributed by atoms with van der Waals surface area (Å²) in [5.74, 6) is 0. The number of halogens is 1. The number of ether oxygens (including phenoxy) is 1. The predicted octanol–water partition coefficient (Wildman–Crippen LogP) is 2.75. The summed E-state index contributed by atoms with van der Waals surface area (Å²) in [6.07, 6.45) is 1.34. The second-order valence-corrected chi connectivity index (χ2v) is 6.43. The van der Waals surface area contributed by atoms with E-state index in [0.29, 0.717) is 26.0 Å². The highest BCUT2D eigenvalue weighted by atomic mass is 35.5. The maximum Gasteiger partial charge on any atom is 0.0820 e. The fourth-order valence-corrected chi connectivity index (χ4v) is 2.77. The van der Waals surface area contributed by atoms with Crippen molar-refractivity contribution in [2.75, 3.05) is 13.2 Å². The monoisotopic (exact) mass is 283 g/mol. The maximum atomic E-state index is 10.6. The molecule has 0 aromatic heterocycles. The first-order valence-electron chi connectivity index (χ1n) is 6.70. The third-order valence-electron chi connectivity index (χ3n) is 3.51. The molecule has 0 aliphatic carbocycles. The zero-order valence-corrected chi connectivity index (χ0v) is 12.3. The molecule has 0 spiro atoms. The second-order valence-electron chi connectivity index (χ2n) is 5.99. The Bertz CT molecular complexity index is 419. The van der Waals surface area contributed by atoms with Crippen LogP contribution in [0.4, 0.5) is 0 Å². The van der Waals surface area contributed by atoms with E-state index in [1.165, 1.54) is 5.56 Å². The molecule has 3 nitrogen and oxygen atoms in total. The Hall–Kier alpha value is -0.610. The van der Waals surface area contributed by atoms with Crippen LogP contribution in [-0.2, 0) is 11.3 Å². The van der Waals surface area contributed by atoms with Crippen molar-refractivity contribution >= 4 is 11.6 Å². The number of rotatable bonds is 4. The van der Waals surface area contributed by atoms with Gasteiger partial charge in [0.25, 0.3) is 0 Å². The van der Waals surface area contributed by atoms with Gasteiger partial charge in [0.2, 0.25) is 0 Å². The lowest BCUT2D eigenvalue weighted by molar-refractivity contribution is -0.142. The van der Waals surface area contributed by atoms with Gasteiger partial charge in [-0.25, -0.2) is 0 Å². The Balaban J connectivity index is 1.83. The minimum atomic E-state index is -0.672. The molecule has 0 radical (unpaired) electrons. The maximum absolute atomic E-state index is 10.6. The van der Waals surface area contributed by atoms with Gasteiger partial charge in [-0.2, -0.15) is 0 Å². The lowest BCUT2D eigenvalue weighted by Gasteiger charge is -2.41. The van der Waals surface area contributed by atoms with Crippen LogP contribution in [-0.4, -0.2) is 29.5 Å². The molecule has 1 aromatic carbocycles. The van der Waals surface area contributed by atoms with E-state index in [1.54, 1.807) is 0 Å². The Morgan fingerprint density at radius 1 is 1.32 bits per heavy atom. The molecule has 1 aliphatic rings. The summed E-state index contributed by atoms with van der Waals surface area (Å²) in [5, 5.41) is 14.6. The van der Waals surface area contributed by atoms with Crippen molar-refractivity contribution in [2.24, 2.45) is 0 Å². The Morgan fingerprint density at radius 3 is 2.63 bits per heavy atom. The molecule has 2 rings (SSSR count). The van der Waals surface area contributed by atoms with Crippen molar-refractivity contribution in [1.29, 1.82) is 0 Å². The van der Waals surface area contributed by atoms with Crippen LogP contribution in [0.1, 0.15) is 32.3 Å². The van der Waals surface area contributed by atoms with Crippen molar-refractivity contribution < 1.29 is 9.84 Å². The quantitative estimate of drug-likeness (QED) is 0.893. The van der Waals surface area contributed by atoms with Crippen LogP contribution in [0.5, 0.6) is 0 Å². The number of hydrogen-bond acceptors (Lipinski definition) is 3. The third kappa shape index (κ3) is 4.46. The molecule has 4 heteroatoms. The normalized spacial score (nSPS) is 26.3. The minimum absolute atomic E-state index is 0.241. The first-order valence-corrected chi connectivity index (χ1v) is 7.08. The van der Waals surface area contributed by atoms with Gasteiger partial charge in [0, 0.05) is 31.0 Å². The number of aliphatic hydroxyl groups is 1. The molecule has 1 saturated heterocycles. The molecule has 19 heavy (non-hydrogen) atoms. The number of hydrogen-bond donors (Lipinski definition) is 2. The smallest absolute Gasteiger partial charge is 0.0820 e. The van der Waals surface area contributed by atoms with E-state index in [0.717, 1.165) is 11.6 Å². The highest BCUT2D eigenvalue weighted by Crippen LogP contribution is 2.31. The lowest BCUT2D eigenvalue weighted by atomic mass is 9.84. The third-order valence-corrected chi connectivity index (χ3v) is 3.76. The fourth-order valence-electron chi connectivity index (χ4n) is 2.64. The summed E-state index contributed by atoms with van der Waals surface area (Å²) >= 11 is 5.85. The molecule has 0 bridgehead atoms. The number of benzene rings is 1. The van der Waals surface area contributed by atoms with E-state index in [9.17, 15) is 5.11 Å². The second kappa shape index (κ2) is 5.80. The van der Waals surface area contributed by atoms with Gasteiger partial charge in [0.05, 0.1) is 17.8 Å². The van der Waals surface area contributed by atoms with Gasteiger partial charge in [-0.15, -0.1) is 0 Å². The van der Waals surface area contributed by atoms with Crippen LogP contribution in [0.3, 0.4) is 0 Å². The van der Waals surface area contributed by atoms with E-state index in [4.69, 9.17) is 16.3 Å². The molecule has 0 amide bonds. The Labute approximate surface area is 119 Å². The fraction of sp³-hybridized carbons (Fsp3) is 0.600. The standard InChI is InChI=1S/C15H22ClNO2/c1-14(2)10-15(18,7-8-19-14)11-17-9-12-3-5-13(16)6-4-12/h3-6,17-18H,7-11H2,1-2H3/t15-/m1/s1. The van der Waals surface area contributed by atoms with E-state index < -0.39 is 5.60 Å². The molecule has 1 aliphatic heterocycles. The SMILES string of the molecule is CC1(C)C[C@@](O)(CNCc2ccc(Cl)cc2)CCO1. The van der Waals surface area contributed by atoms with Crippen LogP contribution in [0.2, 0.25) is 5.02 Å². The molecular formula is C15H22ClNO2. The van der Waals surface area contributed by atoms with Crippen molar-refractivity contribution in [3.8, 4) is 0 Å². The minimum Gasteiger partial charge on any atom is -0.388 e. The van der Waals surface area contributed by atoms with Gasteiger partial charge >= 0.3 is 0 Å². The predicted molar refractivity (Wildman–Crippen MR) is 77.4 cm³/mol. The van der Waals surface area contributed by atoms with Crippen molar-refractivity contribution in [1.82, 2.24) is 5.32 Å². The van der Waals surface area contributed by atoms with Crippen LogP contribution >= 0.6 is 11.6 Å². The highest BCUT2D eigenvalue weighted by molar-refractivity contribution is 6.30. The van der Waals surface area contributed by atoms with E-state index in [2.05, 4.69) is 5.32 Å². The zero-order valence-electron chi connectivity index (χ0n) is 11.6. The van der Waals surface area contributed by atoms with Crippen LogP contribution < -0.4 is 5.32 Å². The Morgan fingerprint density at radius 2 is 2.00 bits per heavy atom. The summed E-state index contributed by atoms with van der Waals surface area (Å²) in [7, 11) is 0. The summed E-state index contributed by atoms with van der Waals surface area (Å²) < 4.78 is 5.64.